The van der Waals surface area contributed by atoms with Crippen LogP contribution in [0.3, 0.4) is 0 Å². The first-order valence-electron chi connectivity index (χ1n) is 12.3. The van der Waals surface area contributed by atoms with E-state index in [0.717, 1.165) is 26.1 Å². The van der Waals surface area contributed by atoms with Crippen LogP contribution in [0.25, 0.3) is 0 Å². The molecule has 0 spiro atoms. The van der Waals surface area contributed by atoms with E-state index in [1.807, 2.05) is 0 Å². The van der Waals surface area contributed by atoms with Gasteiger partial charge in [-0.2, -0.15) is 0 Å². The first kappa shape index (κ1) is 30.9. The highest BCUT2D eigenvalue weighted by atomic mass is 16.6. The Bertz CT molecular complexity index is 863. The minimum atomic E-state index is -0.577. The minimum Gasteiger partial charge on any atom is -0.491 e. The van der Waals surface area contributed by atoms with Crippen molar-refractivity contribution in [1.29, 1.82) is 0 Å². The average molecular weight is 508 g/mol. The Morgan fingerprint density at radius 3 is 2.44 bits per heavy atom. The van der Waals surface area contributed by atoms with E-state index in [4.69, 9.17) is 9.47 Å². The first-order chi connectivity index (χ1) is 17.2. The van der Waals surface area contributed by atoms with Gasteiger partial charge in [0.1, 0.15) is 17.6 Å². The van der Waals surface area contributed by atoms with E-state index in [1.54, 1.807) is 32.9 Å². The Morgan fingerprint density at radius 2 is 1.83 bits per heavy atom. The van der Waals surface area contributed by atoms with Crippen molar-refractivity contribution < 1.29 is 24.0 Å². The molecular weight excluding hydrogens is 466 g/mol. The van der Waals surface area contributed by atoms with Gasteiger partial charge in [0.15, 0.2) is 5.69 Å². The van der Waals surface area contributed by atoms with Crippen LogP contribution >= 0.6 is 0 Å². The van der Waals surface area contributed by atoms with Crippen LogP contribution in [0.5, 0.6) is 5.75 Å². The third-order valence-corrected chi connectivity index (χ3v) is 5.09. The molecule has 0 radical (unpaired) electrons. The van der Waals surface area contributed by atoms with Crippen LogP contribution in [0.2, 0.25) is 0 Å². The summed E-state index contributed by atoms with van der Waals surface area (Å²) in [6.07, 6.45) is 7.97. The molecule has 4 N–H and O–H groups in total. The number of rotatable bonds is 12. The molecule has 0 unspecified atom stereocenters. The number of hydrogen-bond donors (Lipinski definition) is 3. The van der Waals surface area contributed by atoms with Crippen LogP contribution in [-0.4, -0.2) is 74.2 Å². The minimum absolute atomic E-state index is 0.181. The zero-order valence-corrected chi connectivity index (χ0v) is 21.9. The zero-order valence-electron chi connectivity index (χ0n) is 21.9. The smallest absolute Gasteiger partial charge is 0.407 e. The average Bonchev–Trinajstić information content (AvgIpc) is 2.84. The molecule has 11 heteroatoms. The zero-order chi connectivity index (χ0) is 27.0. The molecule has 36 heavy (non-hydrogen) atoms. The molecule has 1 aromatic rings. The summed E-state index contributed by atoms with van der Waals surface area (Å²) in [6.45, 7) is 9.34. The molecule has 1 aromatic carbocycles. The number of nitro benzene ring substituents is 1. The summed E-state index contributed by atoms with van der Waals surface area (Å²) >= 11 is 0. The molecule has 0 atom stereocenters. The van der Waals surface area contributed by atoms with Gasteiger partial charge in [-0.15, -0.1) is 0 Å². The lowest BCUT2D eigenvalue weighted by molar-refractivity contribution is -0.384. The number of nitrogens with two attached hydrogens (primary N) is 1. The quantitative estimate of drug-likeness (QED) is 0.126. The Labute approximate surface area is 213 Å². The lowest BCUT2D eigenvalue weighted by Crippen LogP contribution is -2.32. The fourth-order valence-electron chi connectivity index (χ4n) is 3.56. The van der Waals surface area contributed by atoms with Gasteiger partial charge in [-0.1, -0.05) is 18.6 Å². The van der Waals surface area contributed by atoms with Gasteiger partial charge < -0.3 is 30.7 Å². The van der Waals surface area contributed by atoms with Crippen LogP contribution in [0.1, 0.15) is 56.8 Å². The Balaban J connectivity index is 0.00000316. The predicted molar refractivity (Wildman–Crippen MR) is 141 cm³/mol. The van der Waals surface area contributed by atoms with E-state index in [9.17, 15) is 19.7 Å². The second-order valence-electron chi connectivity index (χ2n) is 9.13. The monoisotopic (exact) mass is 507 g/mol. The molecule has 1 aliphatic rings. The highest BCUT2D eigenvalue weighted by Gasteiger charge is 2.21. The molecule has 202 valence electrons. The number of likely N-dealkylation sites (tertiary alicyclic amines) is 1. The summed E-state index contributed by atoms with van der Waals surface area (Å²) in [5.74, 6) is 0.273. The van der Waals surface area contributed by atoms with Crippen molar-refractivity contribution in [2.24, 2.45) is 5.73 Å². The van der Waals surface area contributed by atoms with Gasteiger partial charge in [-0.05, 0) is 66.2 Å². The van der Waals surface area contributed by atoms with Crippen LogP contribution in [0.4, 0.5) is 16.2 Å². The second kappa shape index (κ2) is 16.5. The molecule has 0 aromatic heterocycles. The number of carbonyl (C=O) groups is 2. The van der Waals surface area contributed by atoms with Crippen molar-refractivity contribution in [3.8, 4) is 5.75 Å². The van der Waals surface area contributed by atoms with Gasteiger partial charge in [0, 0.05) is 31.3 Å². The molecule has 1 fully saturated rings. The molecule has 11 nitrogen and oxygen atoms in total. The number of piperidine rings is 1. The van der Waals surface area contributed by atoms with Crippen molar-refractivity contribution in [3.05, 3.63) is 40.0 Å². The number of amides is 1. The van der Waals surface area contributed by atoms with Gasteiger partial charge in [0.25, 0.3) is 5.69 Å². The molecule has 0 bridgehead atoms. The van der Waals surface area contributed by atoms with Gasteiger partial charge >= 0.3 is 6.09 Å². The standard InChI is InChI=1S/C24H36N4O6.CH5N/c1-24(2,3)34-23(30)26-11-6-5-10-25-22-20(28(31)32)16-19(18-29)17-21(22)33-15-9-14-27-12-7-4-8-13-27;1-2/h5-6,16-18,25H,4,7-15H2,1-3H3,(H,26,30);2H2,1H3/b6-5+;. The lowest BCUT2D eigenvalue weighted by Gasteiger charge is -2.26. The van der Waals surface area contributed by atoms with Crippen LogP contribution in [-0.2, 0) is 4.74 Å². The van der Waals surface area contributed by atoms with Crippen molar-refractivity contribution in [2.75, 3.05) is 51.7 Å². The Morgan fingerprint density at radius 1 is 1.17 bits per heavy atom. The number of anilines is 1. The van der Waals surface area contributed by atoms with E-state index in [1.165, 1.54) is 38.4 Å². The first-order valence-corrected chi connectivity index (χ1v) is 12.3. The molecule has 0 saturated carbocycles. The van der Waals surface area contributed by atoms with Gasteiger partial charge in [0.05, 0.1) is 11.5 Å². The van der Waals surface area contributed by atoms with Crippen LogP contribution in [0, 0.1) is 10.1 Å². The third-order valence-electron chi connectivity index (χ3n) is 5.09. The summed E-state index contributed by atoms with van der Waals surface area (Å²) < 4.78 is 11.0. The maximum Gasteiger partial charge on any atom is 0.407 e. The van der Waals surface area contributed by atoms with Crippen molar-refractivity contribution >= 4 is 23.8 Å². The number of alkyl carbamates (subject to hydrolysis) is 1. The molecule has 1 aliphatic heterocycles. The highest BCUT2D eigenvalue weighted by Crippen LogP contribution is 2.35. The molecule has 1 saturated heterocycles. The van der Waals surface area contributed by atoms with Gasteiger partial charge in [0.2, 0.25) is 0 Å². The number of aldehydes is 1. The number of nitrogens with zero attached hydrogens (tertiary/aromatic N) is 2. The number of nitrogens with one attached hydrogen (secondary N) is 2. The molecule has 0 aliphatic carbocycles. The number of carbonyl (C=O) groups excluding carboxylic acids is 2. The van der Waals surface area contributed by atoms with E-state index in [2.05, 4.69) is 21.3 Å². The number of ether oxygens (including phenoxy) is 2. The summed E-state index contributed by atoms with van der Waals surface area (Å²) in [5, 5.41) is 17.2. The molecule has 1 amide bonds. The summed E-state index contributed by atoms with van der Waals surface area (Å²) in [5.41, 5.74) is 4.10. The van der Waals surface area contributed by atoms with Crippen LogP contribution in [0.15, 0.2) is 24.3 Å². The topological polar surface area (TPSA) is 149 Å². The van der Waals surface area contributed by atoms with E-state index in [0.29, 0.717) is 12.9 Å². The molecule has 1 heterocycles. The summed E-state index contributed by atoms with van der Waals surface area (Å²) in [7, 11) is 1.50. The lowest BCUT2D eigenvalue weighted by atomic mass is 10.1. The maximum atomic E-state index is 11.7. The predicted octanol–water partition coefficient (Wildman–Crippen LogP) is 3.73. The fraction of sp³-hybridized carbons (Fsp3) is 0.600. The Hall–Kier alpha value is -3.18. The summed E-state index contributed by atoms with van der Waals surface area (Å²) in [6, 6.07) is 2.74. The number of nitro groups is 1. The van der Waals surface area contributed by atoms with E-state index < -0.39 is 16.6 Å². The number of hydrogen-bond acceptors (Lipinski definition) is 9. The maximum absolute atomic E-state index is 11.7. The van der Waals surface area contributed by atoms with Gasteiger partial charge in [-0.25, -0.2) is 4.79 Å². The summed E-state index contributed by atoms with van der Waals surface area (Å²) in [4.78, 5) is 36.4. The van der Waals surface area contributed by atoms with E-state index in [-0.39, 0.29) is 35.8 Å². The second-order valence-corrected chi connectivity index (χ2v) is 9.13. The Kier molecular flexibility index (Phi) is 14.1. The normalized spacial score (nSPS) is 13.9. The van der Waals surface area contributed by atoms with Crippen molar-refractivity contribution in [3.63, 3.8) is 0 Å². The third kappa shape index (κ3) is 12.0. The molecule has 2 rings (SSSR count). The molecular formula is C25H41N5O6. The van der Waals surface area contributed by atoms with Crippen LogP contribution < -0.4 is 21.1 Å². The number of benzene rings is 1. The highest BCUT2D eigenvalue weighted by molar-refractivity contribution is 5.83. The van der Waals surface area contributed by atoms with Gasteiger partial charge in [-0.3, -0.25) is 14.9 Å². The van der Waals surface area contributed by atoms with E-state index >= 15 is 0 Å². The van der Waals surface area contributed by atoms with Crippen molar-refractivity contribution in [2.45, 2.75) is 52.1 Å². The largest absolute Gasteiger partial charge is 0.491 e. The SMILES string of the molecule is CC(C)(C)OC(=O)NC/C=C/CNc1c(OCCCN2CCCCC2)cc(C=O)cc1[N+](=O)[O-].CN. The van der Waals surface area contributed by atoms with Crippen molar-refractivity contribution in [1.82, 2.24) is 10.2 Å². The fourth-order valence-corrected chi connectivity index (χ4v) is 3.56.